The minimum atomic E-state index is -0.270. The molecular formula is C7H14ClNO3. The van der Waals surface area contributed by atoms with Crippen molar-refractivity contribution in [1.82, 2.24) is 0 Å². The van der Waals surface area contributed by atoms with Crippen LogP contribution in [0.3, 0.4) is 0 Å². The van der Waals surface area contributed by atoms with E-state index in [0.717, 1.165) is 6.42 Å². The van der Waals surface area contributed by atoms with Crippen LogP contribution in [0.4, 0.5) is 0 Å². The van der Waals surface area contributed by atoms with Crippen LogP contribution in [0.15, 0.2) is 0 Å². The number of nitrogens with two attached hydrogens (primary N) is 1. The van der Waals surface area contributed by atoms with Gasteiger partial charge in [-0.15, -0.1) is 12.4 Å². The van der Waals surface area contributed by atoms with E-state index in [2.05, 4.69) is 4.74 Å². The predicted molar refractivity (Wildman–Crippen MR) is 46.2 cm³/mol. The maximum Gasteiger partial charge on any atom is 0.312 e. The summed E-state index contributed by atoms with van der Waals surface area (Å²) in [5.74, 6) is -0.536. The van der Waals surface area contributed by atoms with Crippen molar-refractivity contribution in [2.75, 3.05) is 20.3 Å². The van der Waals surface area contributed by atoms with Crippen molar-refractivity contribution in [2.45, 2.75) is 12.5 Å². The first kappa shape index (κ1) is 11.7. The lowest BCUT2D eigenvalue weighted by Crippen LogP contribution is -2.43. The lowest BCUT2D eigenvalue weighted by molar-refractivity contribution is -0.150. The molecule has 0 saturated carbocycles. The number of halogens is 1. The molecule has 1 saturated heterocycles. The number of carbonyl (C=O) groups excluding carboxylic acids is 1. The molecule has 0 aromatic rings. The standard InChI is InChI=1S/C7H13NO3.ClH/c1-10-7(9)5-4-11-3-2-6(5)8;/h5-6H,2-4,8H2,1H3;1H/t5-,6+;/m1./s1. The first-order chi connectivity index (χ1) is 5.25. The Morgan fingerprint density at radius 2 is 2.33 bits per heavy atom. The van der Waals surface area contributed by atoms with Gasteiger partial charge in [0.15, 0.2) is 0 Å². The quantitative estimate of drug-likeness (QED) is 0.596. The van der Waals surface area contributed by atoms with Gasteiger partial charge in [-0.1, -0.05) is 0 Å². The van der Waals surface area contributed by atoms with Crippen LogP contribution in [0.2, 0.25) is 0 Å². The topological polar surface area (TPSA) is 61.5 Å². The van der Waals surface area contributed by atoms with Gasteiger partial charge in [0.05, 0.1) is 19.6 Å². The summed E-state index contributed by atoms with van der Waals surface area (Å²) in [4.78, 5) is 11.0. The molecule has 0 aromatic carbocycles. The minimum Gasteiger partial charge on any atom is -0.469 e. The Hall–Kier alpha value is -0.320. The van der Waals surface area contributed by atoms with Gasteiger partial charge in [-0.3, -0.25) is 4.79 Å². The highest BCUT2D eigenvalue weighted by atomic mass is 35.5. The molecule has 0 aromatic heterocycles. The van der Waals surface area contributed by atoms with Crippen LogP contribution in [0.1, 0.15) is 6.42 Å². The average molecular weight is 196 g/mol. The average Bonchev–Trinajstić information content (AvgIpc) is 2.04. The number of hydrogen-bond donors (Lipinski definition) is 1. The molecule has 0 spiro atoms. The molecule has 0 amide bonds. The van der Waals surface area contributed by atoms with E-state index in [9.17, 15) is 4.79 Å². The Balaban J connectivity index is 0.00000121. The zero-order valence-electron chi connectivity index (χ0n) is 6.99. The molecule has 1 rings (SSSR count). The van der Waals surface area contributed by atoms with E-state index < -0.39 is 0 Å². The van der Waals surface area contributed by atoms with E-state index in [-0.39, 0.29) is 30.3 Å². The Kier molecular flexibility index (Phi) is 5.20. The summed E-state index contributed by atoms with van der Waals surface area (Å²) in [7, 11) is 1.36. The third-order valence-corrected chi connectivity index (χ3v) is 1.91. The Morgan fingerprint density at radius 1 is 1.67 bits per heavy atom. The van der Waals surface area contributed by atoms with Crippen LogP contribution in [0, 0.1) is 5.92 Å². The van der Waals surface area contributed by atoms with Gasteiger partial charge in [-0.2, -0.15) is 0 Å². The van der Waals surface area contributed by atoms with Gasteiger partial charge in [-0.25, -0.2) is 0 Å². The number of methoxy groups -OCH3 is 1. The maximum absolute atomic E-state index is 11.0. The fourth-order valence-corrected chi connectivity index (χ4v) is 1.15. The van der Waals surface area contributed by atoms with Gasteiger partial charge < -0.3 is 15.2 Å². The molecule has 2 atom stereocenters. The summed E-state index contributed by atoms with van der Waals surface area (Å²) in [5, 5.41) is 0. The van der Waals surface area contributed by atoms with Gasteiger partial charge in [0.25, 0.3) is 0 Å². The summed E-state index contributed by atoms with van der Waals surface area (Å²) < 4.78 is 9.66. The fourth-order valence-electron chi connectivity index (χ4n) is 1.15. The van der Waals surface area contributed by atoms with Crippen LogP contribution in [-0.4, -0.2) is 32.3 Å². The minimum absolute atomic E-state index is 0. The Morgan fingerprint density at radius 3 is 2.83 bits per heavy atom. The van der Waals surface area contributed by atoms with Crippen LogP contribution < -0.4 is 5.73 Å². The van der Waals surface area contributed by atoms with E-state index in [4.69, 9.17) is 10.5 Å². The normalized spacial score (nSPS) is 28.8. The second-order valence-corrected chi connectivity index (χ2v) is 2.66. The molecule has 0 radical (unpaired) electrons. The van der Waals surface area contributed by atoms with Crippen molar-refractivity contribution in [1.29, 1.82) is 0 Å². The molecular weight excluding hydrogens is 182 g/mol. The molecule has 2 N–H and O–H groups in total. The van der Waals surface area contributed by atoms with Gasteiger partial charge >= 0.3 is 5.97 Å². The maximum atomic E-state index is 11.0. The van der Waals surface area contributed by atoms with Crippen molar-refractivity contribution < 1.29 is 14.3 Å². The molecule has 5 heteroatoms. The second-order valence-electron chi connectivity index (χ2n) is 2.66. The lowest BCUT2D eigenvalue weighted by atomic mass is 9.97. The summed E-state index contributed by atoms with van der Waals surface area (Å²) >= 11 is 0. The molecule has 0 unspecified atom stereocenters. The highest BCUT2D eigenvalue weighted by Gasteiger charge is 2.29. The zero-order chi connectivity index (χ0) is 8.27. The van der Waals surface area contributed by atoms with E-state index in [1.807, 2.05) is 0 Å². The fraction of sp³-hybridized carbons (Fsp3) is 0.857. The number of ether oxygens (including phenoxy) is 2. The second kappa shape index (κ2) is 5.35. The molecule has 1 fully saturated rings. The molecule has 72 valence electrons. The largest absolute Gasteiger partial charge is 0.469 e. The van der Waals surface area contributed by atoms with Crippen molar-refractivity contribution in [3.8, 4) is 0 Å². The summed E-state index contributed by atoms with van der Waals surface area (Å²) in [6, 6.07) is -0.101. The smallest absolute Gasteiger partial charge is 0.312 e. The summed E-state index contributed by atoms with van der Waals surface area (Å²) in [6.07, 6.45) is 0.736. The van der Waals surface area contributed by atoms with Gasteiger partial charge in [0.2, 0.25) is 0 Å². The third kappa shape index (κ3) is 2.62. The highest BCUT2D eigenvalue weighted by molar-refractivity contribution is 5.85. The van der Waals surface area contributed by atoms with E-state index in [1.54, 1.807) is 0 Å². The SMILES string of the molecule is COC(=O)[C@@H]1COCC[C@@H]1N.Cl. The van der Waals surface area contributed by atoms with Gasteiger partial charge in [-0.05, 0) is 6.42 Å². The number of carbonyl (C=O) groups is 1. The van der Waals surface area contributed by atoms with Crippen LogP contribution in [0.5, 0.6) is 0 Å². The lowest BCUT2D eigenvalue weighted by Gasteiger charge is -2.26. The van der Waals surface area contributed by atoms with Gasteiger partial charge in [0, 0.05) is 12.6 Å². The molecule has 1 aliphatic rings. The number of esters is 1. The predicted octanol–water partition coefficient (Wildman–Crippen LogP) is -0.0550. The first-order valence-electron chi connectivity index (χ1n) is 3.67. The van der Waals surface area contributed by atoms with Crippen LogP contribution in [-0.2, 0) is 14.3 Å². The zero-order valence-corrected chi connectivity index (χ0v) is 7.80. The summed E-state index contributed by atoms with van der Waals surface area (Å²) in [5.41, 5.74) is 5.67. The van der Waals surface area contributed by atoms with Crippen molar-refractivity contribution >= 4 is 18.4 Å². The van der Waals surface area contributed by atoms with Crippen LogP contribution >= 0.6 is 12.4 Å². The monoisotopic (exact) mass is 195 g/mol. The summed E-state index contributed by atoms with van der Waals surface area (Å²) in [6.45, 7) is 1.04. The number of rotatable bonds is 1. The number of hydrogen-bond acceptors (Lipinski definition) is 4. The van der Waals surface area contributed by atoms with Gasteiger partial charge in [0.1, 0.15) is 0 Å². The van der Waals surface area contributed by atoms with E-state index in [1.165, 1.54) is 7.11 Å². The van der Waals surface area contributed by atoms with Crippen molar-refractivity contribution in [3.05, 3.63) is 0 Å². The van der Waals surface area contributed by atoms with Crippen molar-refractivity contribution in [2.24, 2.45) is 11.7 Å². The van der Waals surface area contributed by atoms with Crippen molar-refractivity contribution in [3.63, 3.8) is 0 Å². The molecule has 12 heavy (non-hydrogen) atoms. The highest BCUT2D eigenvalue weighted by Crippen LogP contribution is 2.13. The van der Waals surface area contributed by atoms with E-state index in [0.29, 0.717) is 13.2 Å². The molecule has 0 bridgehead atoms. The molecule has 0 aliphatic carbocycles. The van der Waals surface area contributed by atoms with Crippen LogP contribution in [0.25, 0.3) is 0 Å². The Labute approximate surface area is 77.8 Å². The third-order valence-electron chi connectivity index (χ3n) is 1.91. The Bertz CT molecular complexity index is 154. The molecule has 1 aliphatic heterocycles. The molecule has 1 heterocycles. The first-order valence-corrected chi connectivity index (χ1v) is 3.67. The van der Waals surface area contributed by atoms with E-state index >= 15 is 0 Å². The molecule has 4 nitrogen and oxygen atoms in total.